The molecule has 0 saturated heterocycles. The summed E-state index contributed by atoms with van der Waals surface area (Å²) in [6, 6.07) is 5.04. The van der Waals surface area contributed by atoms with Gasteiger partial charge in [-0.25, -0.2) is 4.39 Å². The molecular formula is C14H19FN2. The number of benzene rings is 1. The van der Waals surface area contributed by atoms with Crippen LogP contribution in [0.25, 0.3) is 10.9 Å². The standard InChI is InChI=1S/C14H19FN2/c1-4-16-8-7-12-10(2)17(3)14-9-11(15)5-6-13(12)14/h5-6,9,16H,4,7-8H2,1-3H3. The topological polar surface area (TPSA) is 17.0 Å². The van der Waals surface area contributed by atoms with Crippen LogP contribution in [0.2, 0.25) is 0 Å². The van der Waals surface area contributed by atoms with E-state index in [9.17, 15) is 4.39 Å². The molecule has 2 nitrogen and oxygen atoms in total. The average molecular weight is 234 g/mol. The van der Waals surface area contributed by atoms with E-state index in [1.54, 1.807) is 12.1 Å². The average Bonchev–Trinajstić information content (AvgIpc) is 2.54. The number of halogens is 1. The highest BCUT2D eigenvalue weighted by molar-refractivity contribution is 5.85. The molecule has 0 unspecified atom stereocenters. The van der Waals surface area contributed by atoms with Gasteiger partial charge in [-0.1, -0.05) is 6.92 Å². The molecule has 0 amide bonds. The lowest BCUT2D eigenvalue weighted by molar-refractivity contribution is 0.629. The van der Waals surface area contributed by atoms with Crippen LogP contribution in [-0.2, 0) is 13.5 Å². The highest BCUT2D eigenvalue weighted by Crippen LogP contribution is 2.25. The Hall–Kier alpha value is -1.35. The summed E-state index contributed by atoms with van der Waals surface area (Å²) in [4.78, 5) is 0. The van der Waals surface area contributed by atoms with Crippen LogP contribution in [-0.4, -0.2) is 17.7 Å². The second-order valence-electron chi connectivity index (χ2n) is 4.39. The van der Waals surface area contributed by atoms with Crippen LogP contribution < -0.4 is 5.32 Å². The predicted octanol–water partition coefficient (Wildman–Crippen LogP) is 2.78. The Balaban J connectivity index is 2.44. The van der Waals surface area contributed by atoms with Gasteiger partial charge in [0, 0.05) is 18.1 Å². The van der Waals surface area contributed by atoms with E-state index >= 15 is 0 Å². The maximum absolute atomic E-state index is 13.2. The van der Waals surface area contributed by atoms with E-state index in [4.69, 9.17) is 0 Å². The Bertz CT molecular complexity index is 528. The lowest BCUT2D eigenvalue weighted by atomic mass is 10.1. The zero-order valence-electron chi connectivity index (χ0n) is 10.7. The number of nitrogens with one attached hydrogen (secondary N) is 1. The number of hydrogen-bond donors (Lipinski definition) is 1. The van der Waals surface area contributed by atoms with Gasteiger partial charge in [0.15, 0.2) is 0 Å². The zero-order valence-corrected chi connectivity index (χ0v) is 10.7. The van der Waals surface area contributed by atoms with Crippen LogP contribution in [0.5, 0.6) is 0 Å². The summed E-state index contributed by atoms with van der Waals surface area (Å²) >= 11 is 0. The van der Waals surface area contributed by atoms with Gasteiger partial charge >= 0.3 is 0 Å². The molecule has 2 rings (SSSR count). The van der Waals surface area contributed by atoms with Gasteiger partial charge < -0.3 is 9.88 Å². The summed E-state index contributed by atoms with van der Waals surface area (Å²) in [6.45, 7) is 6.15. The third-order valence-electron chi connectivity index (χ3n) is 3.39. The number of aryl methyl sites for hydroxylation is 1. The van der Waals surface area contributed by atoms with E-state index in [0.717, 1.165) is 25.0 Å². The van der Waals surface area contributed by atoms with Gasteiger partial charge in [-0.05, 0) is 50.2 Å². The first kappa shape index (κ1) is 12.1. The number of fused-ring (bicyclic) bond motifs is 1. The van der Waals surface area contributed by atoms with Gasteiger partial charge in [0.25, 0.3) is 0 Å². The van der Waals surface area contributed by atoms with E-state index in [2.05, 4.69) is 23.7 Å². The number of likely N-dealkylation sites (N-methyl/N-ethyl adjacent to an activating group) is 1. The quantitative estimate of drug-likeness (QED) is 0.805. The van der Waals surface area contributed by atoms with Gasteiger partial charge in [0.1, 0.15) is 5.82 Å². The highest BCUT2D eigenvalue weighted by Gasteiger charge is 2.11. The predicted molar refractivity (Wildman–Crippen MR) is 69.9 cm³/mol. The zero-order chi connectivity index (χ0) is 12.4. The smallest absolute Gasteiger partial charge is 0.125 e. The van der Waals surface area contributed by atoms with Crippen molar-refractivity contribution < 1.29 is 4.39 Å². The SMILES string of the molecule is CCNCCc1c(C)n(C)c2cc(F)ccc12. The third kappa shape index (κ3) is 2.20. The fraction of sp³-hybridized carbons (Fsp3) is 0.429. The summed E-state index contributed by atoms with van der Waals surface area (Å²) < 4.78 is 15.3. The molecule has 1 heterocycles. The van der Waals surface area contributed by atoms with Crippen LogP contribution in [0.4, 0.5) is 4.39 Å². The molecule has 3 heteroatoms. The summed E-state index contributed by atoms with van der Waals surface area (Å²) in [5.74, 6) is -0.170. The molecule has 0 radical (unpaired) electrons. The minimum Gasteiger partial charge on any atom is -0.348 e. The molecule has 0 spiro atoms. The Morgan fingerprint density at radius 3 is 2.82 bits per heavy atom. The first-order chi connectivity index (χ1) is 8.15. The summed E-state index contributed by atoms with van der Waals surface area (Å²) in [7, 11) is 1.99. The van der Waals surface area contributed by atoms with Crippen molar-refractivity contribution in [3.63, 3.8) is 0 Å². The lowest BCUT2D eigenvalue weighted by Gasteiger charge is -2.03. The molecular weight excluding hydrogens is 215 g/mol. The Kier molecular flexibility index (Phi) is 3.48. The first-order valence-corrected chi connectivity index (χ1v) is 6.09. The van der Waals surface area contributed by atoms with Crippen molar-refractivity contribution >= 4 is 10.9 Å². The molecule has 1 N–H and O–H groups in total. The van der Waals surface area contributed by atoms with Crippen molar-refractivity contribution in [3.8, 4) is 0 Å². The van der Waals surface area contributed by atoms with Crippen molar-refractivity contribution in [1.29, 1.82) is 0 Å². The fourth-order valence-electron chi connectivity index (χ4n) is 2.32. The molecule has 17 heavy (non-hydrogen) atoms. The van der Waals surface area contributed by atoms with Gasteiger partial charge in [-0.3, -0.25) is 0 Å². The highest BCUT2D eigenvalue weighted by atomic mass is 19.1. The number of nitrogens with zero attached hydrogens (tertiary/aromatic N) is 1. The second-order valence-corrected chi connectivity index (χ2v) is 4.39. The van der Waals surface area contributed by atoms with Gasteiger partial charge in [0.05, 0.1) is 5.52 Å². The van der Waals surface area contributed by atoms with E-state index in [0.29, 0.717) is 0 Å². The molecule has 1 aromatic heterocycles. The maximum atomic E-state index is 13.2. The van der Waals surface area contributed by atoms with Gasteiger partial charge in [0.2, 0.25) is 0 Å². The molecule has 0 aliphatic carbocycles. The fourth-order valence-corrected chi connectivity index (χ4v) is 2.32. The molecule has 0 aliphatic heterocycles. The van der Waals surface area contributed by atoms with Gasteiger partial charge in [-0.15, -0.1) is 0 Å². The number of aromatic nitrogens is 1. The number of hydrogen-bond acceptors (Lipinski definition) is 1. The molecule has 0 bridgehead atoms. The van der Waals surface area contributed by atoms with Gasteiger partial charge in [-0.2, -0.15) is 0 Å². The van der Waals surface area contributed by atoms with E-state index in [1.807, 2.05) is 13.1 Å². The van der Waals surface area contributed by atoms with Crippen molar-refractivity contribution in [2.45, 2.75) is 20.3 Å². The normalized spacial score (nSPS) is 11.3. The third-order valence-corrected chi connectivity index (χ3v) is 3.39. The van der Waals surface area contributed by atoms with E-state index < -0.39 is 0 Å². The first-order valence-electron chi connectivity index (χ1n) is 6.09. The van der Waals surface area contributed by atoms with E-state index in [-0.39, 0.29) is 5.82 Å². The maximum Gasteiger partial charge on any atom is 0.125 e. The van der Waals surface area contributed by atoms with Crippen LogP contribution in [0.3, 0.4) is 0 Å². The van der Waals surface area contributed by atoms with Crippen molar-refractivity contribution in [3.05, 3.63) is 35.3 Å². The van der Waals surface area contributed by atoms with Crippen LogP contribution >= 0.6 is 0 Å². The Morgan fingerprint density at radius 1 is 1.35 bits per heavy atom. The molecule has 92 valence electrons. The monoisotopic (exact) mass is 234 g/mol. The molecule has 0 saturated carbocycles. The Morgan fingerprint density at radius 2 is 2.12 bits per heavy atom. The minimum atomic E-state index is -0.170. The Labute approximate surface area is 101 Å². The van der Waals surface area contributed by atoms with Crippen LogP contribution in [0.15, 0.2) is 18.2 Å². The van der Waals surface area contributed by atoms with Crippen molar-refractivity contribution in [2.75, 3.05) is 13.1 Å². The minimum absolute atomic E-state index is 0.170. The van der Waals surface area contributed by atoms with Crippen molar-refractivity contribution in [2.24, 2.45) is 7.05 Å². The molecule has 0 aliphatic rings. The van der Waals surface area contributed by atoms with Crippen LogP contribution in [0.1, 0.15) is 18.2 Å². The summed E-state index contributed by atoms with van der Waals surface area (Å²) in [5, 5.41) is 4.50. The van der Waals surface area contributed by atoms with Crippen molar-refractivity contribution in [1.82, 2.24) is 9.88 Å². The lowest BCUT2D eigenvalue weighted by Crippen LogP contribution is -2.16. The largest absolute Gasteiger partial charge is 0.348 e. The second kappa shape index (κ2) is 4.88. The summed E-state index contributed by atoms with van der Waals surface area (Å²) in [5.41, 5.74) is 3.53. The van der Waals surface area contributed by atoms with E-state index in [1.165, 1.54) is 16.6 Å². The molecule has 0 atom stereocenters. The van der Waals surface area contributed by atoms with Crippen LogP contribution in [0, 0.1) is 12.7 Å². The molecule has 2 aromatic rings. The molecule has 1 aromatic carbocycles. The summed E-state index contributed by atoms with van der Waals surface area (Å²) in [6.07, 6.45) is 0.989. The molecule has 0 fully saturated rings. The number of rotatable bonds is 4.